The van der Waals surface area contributed by atoms with Crippen LogP contribution in [-0.2, 0) is 12.6 Å². The number of halogens is 3. The van der Waals surface area contributed by atoms with E-state index in [-0.39, 0.29) is 18.8 Å². The number of benzene rings is 2. The van der Waals surface area contributed by atoms with Gasteiger partial charge in [-0.15, -0.1) is 0 Å². The molecule has 2 rings (SSSR count). The number of ether oxygens (including phenoxy) is 1. The average molecular weight is 352 g/mol. The number of nitrogens with one attached hydrogen (secondary N) is 2. The third-order valence-electron chi connectivity index (χ3n) is 3.45. The first kappa shape index (κ1) is 18.6. The van der Waals surface area contributed by atoms with Crippen LogP contribution in [-0.4, -0.2) is 19.2 Å². The number of anilines is 1. The van der Waals surface area contributed by atoms with Gasteiger partial charge in [0.15, 0.2) is 0 Å². The van der Waals surface area contributed by atoms with Crippen LogP contribution in [0.2, 0.25) is 0 Å². The smallest absolute Gasteiger partial charge is 0.416 e. The molecule has 0 saturated heterocycles. The van der Waals surface area contributed by atoms with Crippen molar-refractivity contribution < 1.29 is 22.7 Å². The largest absolute Gasteiger partial charge is 0.491 e. The second-order valence-corrected chi connectivity index (χ2v) is 5.27. The lowest BCUT2D eigenvalue weighted by molar-refractivity contribution is -0.137. The molecule has 2 N–H and O–H groups in total. The molecule has 4 nitrogen and oxygen atoms in total. The topological polar surface area (TPSA) is 50.4 Å². The highest BCUT2D eigenvalue weighted by atomic mass is 19.4. The summed E-state index contributed by atoms with van der Waals surface area (Å²) in [6.45, 7) is 2.50. The van der Waals surface area contributed by atoms with Crippen molar-refractivity contribution in [3.63, 3.8) is 0 Å². The molecule has 0 saturated carbocycles. The first-order valence-corrected chi connectivity index (χ1v) is 7.83. The van der Waals surface area contributed by atoms with Crippen molar-refractivity contribution in [3.05, 3.63) is 59.7 Å². The van der Waals surface area contributed by atoms with E-state index < -0.39 is 17.8 Å². The van der Waals surface area contributed by atoms with Gasteiger partial charge in [-0.3, -0.25) is 0 Å². The predicted molar refractivity (Wildman–Crippen MR) is 89.8 cm³/mol. The number of hydrogen-bond acceptors (Lipinski definition) is 2. The number of para-hydroxylation sites is 1. The minimum Gasteiger partial charge on any atom is -0.491 e. The van der Waals surface area contributed by atoms with Crippen molar-refractivity contribution in [2.45, 2.75) is 19.5 Å². The number of alkyl halides is 3. The van der Waals surface area contributed by atoms with Crippen LogP contribution in [0.1, 0.15) is 18.1 Å². The van der Waals surface area contributed by atoms with Crippen molar-refractivity contribution in [3.8, 4) is 5.75 Å². The Labute approximate surface area is 144 Å². The molecule has 2 aromatic carbocycles. The molecular weight excluding hydrogens is 333 g/mol. The maximum atomic E-state index is 12.6. The summed E-state index contributed by atoms with van der Waals surface area (Å²) in [5, 5.41) is 4.91. The van der Waals surface area contributed by atoms with Crippen LogP contribution >= 0.6 is 0 Å². The van der Waals surface area contributed by atoms with E-state index in [1.807, 2.05) is 31.2 Å². The molecule has 0 aromatic heterocycles. The molecule has 134 valence electrons. The van der Waals surface area contributed by atoms with Gasteiger partial charge in [0.25, 0.3) is 0 Å². The summed E-state index contributed by atoms with van der Waals surface area (Å²) in [5.74, 6) is 0.755. The van der Waals surface area contributed by atoms with E-state index in [4.69, 9.17) is 4.74 Å². The number of rotatable bonds is 6. The number of carbonyl (C=O) groups excluding carboxylic acids is 1. The SMILES string of the molecule is CCc1ccccc1OCCNC(=O)Nc1cccc(C(F)(F)F)c1. The lowest BCUT2D eigenvalue weighted by Gasteiger charge is -2.12. The maximum absolute atomic E-state index is 12.6. The number of amides is 2. The molecule has 0 spiro atoms. The number of urea groups is 1. The summed E-state index contributed by atoms with van der Waals surface area (Å²) >= 11 is 0. The van der Waals surface area contributed by atoms with Gasteiger partial charge >= 0.3 is 12.2 Å². The standard InChI is InChI=1S/C18H19F3N2O2/c1-2-13-6-3-4-9-16(13)25-11-10-22-17(24)23-15-8-5-7-14(12-15)18(19,20)21/h3-9,12H,2,10-11H2,1H3,(H2,22,23,24). The fraction of sp³-hybridized carbons (Fsp3) is 0.278. The van der Waals surface area contributed by atoms with E-state index in [1.54, 1.807) is 0 Å². The van der Waals surface area contributed by atoms with Crippen LogP contribution in [0, 0.1) is 0 Å². The third kappa shape index (κ3) is 5.70. The van der Waals surface area contributed by atoms with E-state index in [1.165, 1.54) is 12.1 Å². The summed E-state index contributed by atoms with van der Waals surface area (Å²) in [5.41, 5.74) is 0.324. The minimum absolute atomic E-state index is 0.0737. The van der Waals surface area contributed by atoms with Crippen LogP contribution in [0.4, 0.5) is 23.7 Å². The summed E-state index contributed by atoms with van der Waals surface area (Å²) in [6.07, 6.45) is -3.62. The van der Waals surface area contributed by atoms with Crippen molar-refractivity contribution in [2.24, 2.45) is 0 Å². The second kappa shape index (κ2) is 8.41. The molecule has 2 amide bonds. The number of aryl methyl sites for hydroxylation is 1. The lowest BCUT2D eigenvalue weighted by Crippen LogP contribution is -2.32. The minimum atomic E-state index is -4.45. The Kier molecular flexibility index (Phi) is 6.27. The Morgan fingerprint density at radius 1 is 1.12 bits per heavy atom. The summed E-state index contributed by atoms with van der Waals surface area (Å²) < 4.78 is 43.5. The molecule has 25 heavy (non-hydrogen) atoms. The fourth-order valence-corrected chi connectivity index (χ4v) is 2.21. The van der Waals surface area contributed by atoms with E-state index in [9.17, 15) is 18.0 Å². The Morgan fingerprint density at radius 2 is 1.88 bits per heavy atom. The van der Waals surface area contributed by atoms with Gasteiger partial charge < -0.3 is 15.4 Å². The summed E-state index contributed by atoms with van der Waals surface area (Å²) in [4.78, 5) is 11.7. The first-order valence-electron chi connectivity index (χ1n) is 7.83. The maximum Gasteiger partial charge on any atom is 0.416 e. The van der Waals surface area contributed by atoms with Gasteiger partial charge in [0, 0.05) is 5.69 Å². The van der Waals surface area contributed by atoms with Gasteiger partial charge in [-0.05, 0) is 36.2 Å². The quantitative estimate of drug-likeness (QED) is 0.754. The highest BCUT2D eigenvalue weighted by molar-refractivity contribution is 5.89. The number of hydrogen-bond donors (Lipinski definition) is 2. The van der Waals surface area contributed by atoms with E-state index >= 15 is 0 Å². The van der Waals surface area contributed by atoms with E-state index in [0.29, 0.717) is 0 Å². The first-order chi connectivity index (χ1) is 11.9. The second-order valence-electron chi connectivity index (χ2n) is 5.27. The highest BCUT2D eigenvalue weighted by Gasteiger charge is 2.30. The lowest BCUT2D eigenvalue weighted by atomic mass is 10.1. The van der Waals surface area contributed by atoms with Crippen LogP contribution < -0.4 is 15.4 Å². The van der Waals surface area contributed by atoms with E-state index in [2.05, 4.69) is 10.6 Å². The van der Waals surface area contributed by atoms with Crippen molar-refractivity contribution in [2.75, 3.05) is 18.5 Å². The monoisotopic (exact) mass is 352 g/mol. The molecule has 0 heterocycles. The Bertz CT molecular complexity index is 717. The van der Waals surface area contributed by atoms with Crippen LogP contribution in [0.15, 0.2) is 48.5 Å². The van der Waals surface area contributed by atoms with Gasteiger partial charge in [-0.1, -0.05) is 31.2 Å². The van der Waals surface area contributed by atoms with Crippen LogP contribution in [0.3, 0.4) is 0 Å². The third-order valence-corrected chi connectivity index (χ3v) is 3.45. The molecule has 0 aliphatic carbocycles. The zero-order valence-corrected chi connectivity index (χ0v) is 13.7. The Balaban J connectivity index is 1.79. The zero-order valence-electron chi connectivity index (χ0n) is 13.7. The molecule has 0 unspecified atom stereocenters. The Hall–Kier alpha value is -2.70. The van der Waals surface area contributed by atoms with Gasteiger partial charge in [-0.2, -0.15) is 13.2 Å². The van der Waals surface area contributed by atoms with E-state index in [0.717, 1.165) is 29.9 Å². The van der Waals surface area contributed by atoms with Gasteiger partial charge in [0.2, 0.25) is 0 Å². The van der Waals surface area contributed by atoms with Gasteiger partial charge in [0.1, 0.15) is 12.4 Å². The molecule has 2 aromatic rings. The zero-order chi connectivity index (χ0) is 18.3. The average Bonchev–Trinajstić information content (AvgIpc) is 2.58. The molecule has 0 aliphatic heterocycles. The summed E-state index contributed by atoms with van der Waals surface area (Å²) in [7, 11) is 0. The highest BCUT2D eigenvalue weighted by Crippen LogP contribution is 2.30. The van der Waals surface area contributed by atoms with Crippen LogP contribution in [0.25, 0.3) is 0 Å². The number of carbonyl (C=O) groups is 1. The van der Waals surface area contributed by atoms with Crippen molar-refractivity contribution in [1.82, 2.24) is 5.32 Å². The molecular formula is C18H19F3N2O2. The predicted octanol–water partition coefficient (Wildman–Crippen LogP) is 4.47. The molecule has 0 aliphatic rings. The molecule has 0 fully saturated rings. The molecule has 0 atom stereocenters. The summed E-state index contributed by atoms with van der Waals surface area (Å²) in [6, 6.07) is 11.5. The van der Waals surface area contributed by atoms with Crippen molar-refractivity contribution in [1.29, 1.82) is 0 Å². The Morgan fingerprint density at radius 3 is 2.60 bits per heavy atom. The molecule has 0 bridgehead atoms. The van der Waals surface area contributed by atoms with Crippen molar-refractivity contribution >= 4 is 11.7 Å². The molecule has 0 radical (unpaired) electrons. The molecule has 7 heteroatoms. The van der Waals surface area contributed by atoms with Gasteiger partial charge in [0.05, 0.1) is 12.1 Å². The normalized spacial score (nSPS) is 11.0. The fourth-order valence-electron chi connectivity index (χ4n) is 2.21. The van der Waals surface area contributed by atoms with Crippen LogP contribution in [0.5, 0.6) is 5.75 Å². The van der Waals surface area contributed by atoms with Gasteiger partial charge in [-0.25, -0.2) is 4.79 Å².